The first-order valence-electron chi connectivity index (χ1n) is 7.72. The van der Waals surface area contributed by atoms with E-state index in [1.807, 2.05) is 6.92 Å². The topological polar surface area (TPSA) is 66.5 Å². The van der Waals surface area contributed by atoms with Gasteiger partial charge in [0.25, 0.3) is 0 Å². The fraction of sp³-hybridized carbons (Fsp3) is 0.929. The Balaban J connectivity index is 1.70. The van der Waals surface area contributed by atoms with Crippen LogP contribution in [0.25, 0.3) is 0 Å². The van der Waals surface area contributed by atoms with E-state index in [1.54, 1.807) is 4.90 Å². The van der Waals surface area contributed by atoms with E-state index in [9.17, 15) is 13.2 Å². The van der Waals surface area contributed by atoms with E-state index in [0.717, 1.165) is 25.3 Å². The first-order valence-corrected chi connectivity index (χ1v) is 9.54. The molecule has 0 bridgehead atoms. The van der Waals surface area contributed by atoms with Crippen molar-refractivity contribution < 1.29 is 13.2 Å². The van der Waals surface area contributed by atoms with Crippen LogP contribution in [0.15, 0.2) is 0 Å². The second kappa shape index (κ2) is 6.89. The largest absolute Gasteiger partial charge is 0.342 e. The van der Waals surface area contributed by atoms with Crippen molar-refractivity contribution in [2.75, 3.05) is 31.1 Å². The summed E-state index contributed by atoms with van der Waals surface area (Å²) in [5.74, 6) is 0.437. The van der Waals surface area contributed by atoms with Gasteiger partial charge in [0.15, 0.2) is 9.84 Å². The van der Waals surface area contributed by atoms with Crippen LogP contribution in [-0.2, 0) is 14.6 Å². The molecule has 2 rings (SSSR count). The summed E-state index contributed by atoms with van der Waals surface area (Å²) in [4.78, 5) is 13.7. The summed E-state index contributed by atoms with van der Waals surface area (Å²) in [6, 6.07) is 0.492. The smallest absolute Gasteiger partial charge is 0.237 e. The van der Waals surface area contributed by atoms with Crippen LogP contribution in [0.1, 0.15) is 39.0 Å². The van der Waals surface area contributed by atoms with E-state index in [4.69, 9.17) is 0 Å². The van der Waals surface area contributed by atoms with Crippen molar-refractivity contribution in [1.29, 1.82) is 0 Å². The zero-order valence-corrected chi connectivity index (χ0v) is 13.1. The van der Waals surface area contributed by atoms with Gasteiger partial charge in [-0.15, -0.1) is 0 Å². The first kappa shape index (κ1) is 15.8. The Morgan fingerprint density at radius 1 is 1.20 bits per heavy atom. The Labute approximate surface area is 122 Å². The number of nitrogens with zero attached hydrogens (tertiary/aromatic N) is 1. The molecular formula is C14H26N2O3S. The third-order valence-electron chi connectivity index (χ3n) is 4.10. The van der Waals surface area contributed by atoms with Gasteiger partial charge in [-0.05, 0) is 44.6 Å². The van der Waals surface area contributed by atoms with Crippen LogP contribution in [0.5, 0.6) is 0 Å². The molecule has 1 aliphatic heterocycles. The van der Waals surface area contributed by atoms with Gasteiger partial charge in [0, 0.05) is 19.1 Å². The highest BCUT2D eigenvalue weighted by molar-refractivity contribution is 7.92. The lowest BCUT2D eigenvalue weighted by Gasteiger charge is -2.32. The molecule has 1 amide bonds. The van der Waals surface area contributed by atoms with Gasteiger partial charge in [-0.25, -0.2) is 8.42 Å². The minimum atomic E-state index is -3.21. The molecule has 2 aliphatic rings. The molecule has 1 saturated heterocycles. The van der Waals surface area contributed by atoms with Gasteiger partial charge in [-0.3, -0.25) is 4.79 Å². The van der Waals surface area contributed by atoms with Crippen LogP contribution in [-0.4, -0.2) is 56.4 Å². The number of sulfone groups is 1. The molecule has 1 saturated carbocycles. The molecule has 1 N–H and O–H groups in total. The van der Waals surface area contributed by atoms with Crippen molar-refractivity contribution in [3.05, 3.63) is 0 Å². The van der Waals surface area contributed by atoms with Crippen molar-refractivity contribution in [2.24, 2.45) is 5.92 Å². The molecule has 5 nitrogen and oxygen atoms in total. The summed E-state index contributed by atoms with van der Waals surface area (Å²) < 4.78 is 23.3. The molecule has 0 aromatic carbocycles. The van der Waals surface area contributed by atoms with Crippen molar-refractivity contribution in [3.63, 3.8) is 0 Å². The molecule has 0 atom stereocenters. The predicted octanol–water partition coefficient (Wildman–Crippen LogP) is 0.802. The van der Waals surface area contributed by atoms with Crippen molar-refractivity contribution >= 4 is 15.7 Å². The molecule has 0 aromatic rings. The van der Waals surface area contributed by atoms with Gasteiger partial charge in [0.1, 0.15) is 5.75 Å². The lowest BCUT2D eigenvalue weighted by Crippen LogP contribution is -2.47. The average molecular weight is 302 g/mol. The zero-order chi connectivity index (χ0) is 14.6. The maximum Gasteiger partial charge on any atom is 0.237 e. The van der Waals surface area contributed by atoms with Gasteiger partial charge >= 0.3 is 0 Å². The van der Waals surface area contributed by atoms with Crippen molar-refractivity contribution in [3.8, 4) is 0 Å². The van der Waals surface area contributed by atoms with E-state index in [1.165, 1.54) is 12.8 Å². The van der Waals surface area contributed by atoms with E-state index >= 15 is 0 Å². The molecular weight excluding hydrogens is 276 g/mol. The molecule has 1 aliphatic carbocycles. The van der Waals surface area contributed by atoms with E-state index < -0.39 is 9.84 Å². The van der Waals surface area contributed by atoms with Gasteiger partial charge in [-0.2, -0.15) is 0 Å². The van der Waals surface area contributed by atoms with Gasteiger partial charge in [0.05, 0.1) is 5.75 Å². The van der Waals surface area contributed by atoms with Crippen LogP contribution < -0.4 is 5.32 Å². The Kier molecular flexibility index (Phi) is 5.43. The molecule has 0 unspecified atom stereocenters. The van der Waals surface area contributed by atoms with Crippen LogP contribution in [0.4, 0.5) is 0 Å². The summed E-state index contributed by atoms with van der Waals surface area (Å²) in [6.07, 6.45) is 5.14. The minimum absolute atomic E-state index is 0.109. The summed E-state index contributed by atoms with van der Waals surface area (Å²) in [5, 5.41) is 3.56. The highest BCUT2D eigenvalue weighted by atomic mass is 32.2. The first-order chi connectivity index (χ1) is 9.50. The molecule has 116 valence electrons. The number of rotatable bonds is 7. The second-order valence-electron chi connectivity index (χ2n) is 6.10. The monoisotopic (exact) mass is 302 g/mol. The SMILES string of the molecule is CCCS(=O)(=O)CC(=O)N1CCC(NCC2CC2)CC1. The fourth-order valence-corrected chi connectivity index (χ4v) is 3.98. The standard InChI is InChI=1S/C14H26N2O3S/c1-2-9-20(18,19)11-14(17)16-7-5-13(6-8-16)15-10-12-3-4-12/h12-13,15H,2-11H2,1H3. The summed E-state index contributed by atoms with van der Waals surface area (Å²) in [5.41, 5.74) is 0. The Bertz CT molecular complexity index is 424. The summed E-state index contributed by atoms with van der Waals surface area (Å²) in [7, 11) is -3.21. The van der Waals surface area contributed by atoms with Crippen molar-refractivity contribution in [2.45, 2.75) is 45.1 Å². The second-order valence-corrected chi connectivity index (χ2v) is 8.28. The molecule has 0 radical (unpaired) electrons. The quantitative estimate of drug-likeness (QED) is 0.755. The molecule has 2 fully saturated rings. The lowest BCUT2D eigenvalue weighted by molar-refractivity contribution is -0.129. The lowest BCUT2D eigenvalue weighted by atomic mass is 10.0. The number of amides is 1. The van der Waals surface area contributed by atoms with E-state index in [2.05, 4.69) is 5.32 Å². The van der Waals surface area contributed by atoms with Gasteiger partial charge in [-0.1, -0.05) is 6.92 Å². The third-order valence-corrected chi connectivity index (χ3v) is 5.82. The number of hydrogen-bond acceptors (Lipinski definition) is 4. The predicted molar refractivity (Wildman–Crippen MR) is 79.3 cm³/mol. The zero-order valence-electron chi connectivity index (χ0n) is 12.3. The van der Waals surface area contributed by atoms with Crippen molar-refractivity contribution in [1.82, 2.24) is 10.2 Å². The number of nitrogens with one attached hydrogen (secondary N) is 1. The number of hydrogen-bond donors (Lipinski definition) is 1. The number of carbonyl (C=O) groups excluding carboxylic acids is 1. The molecule has 0 spiro atoms. The highest BCUT2D eigenvalue weighted by Crippen LogP contribution is 2.28. The Morgan fingerprint density at radius 2 is 1.85 bits per heavy atom. The molecule has 6 heteroatoms. The normalized spacial score (nSPS) is 21.1. The van der Waals surface area contributed by atoms with Gasteiger partial charge in [0.2, 0.25) is 5.91 Å². The maximum absolute atomic E-state index is 12.0. The van der Waals surface area contributed by atoms with Crippen LogP contribution >= 0.6 is 0 Å². The van der Waals surface area contributed by atoms with E-state index in [-0.39, 0.29) is 17.4 Å². The Morgan fingerprint density at radius 3 is 2.40 bits per heavy atom. The van der Waals surface area contributed by atoms with Crippen LogP contribution in [0, 0.1) is 5.92 Å². The van der Waals surface area contributed by atoms with Gasteiger partial charge < -0.3 is 10.2 Å². The molecule has 0 aromatic heterocycles. The number of piperidine rings is 1. The molecule has 1 heterocycles. The average Bonchev–Trinajstić information content (AvgIpc) is 3.20. The number of carbonyl (C=O) groups is 1. The summed E-state index contributed by atoms with van der Waals surface area (Å²) in [6.45, 7) is 4.29. The third kappa shape index (κ3) is 5.05. The molecule has 20 heavy (non-hydrogen) atoms. The van der Waals surface area contributed by atoms with Crippen LogP contribution in [0.3, 0.4) is 0 Å². The number of likely N-dealkylation sites (tertiary alicyclic amines) is 1. The summed E-state index contributed by atoms with van der Waals surface area (Å²) >= 11 is 0. The minimum Gasteiger partial charge on any atom is -0.342 e. The Hall–Kier alpha value is -0.620. The fourth-order valence-electron chi connectivity index (χ4n) is 2.65. The highest BCUT2D eigenvalue weighted by Gasteiger charge is 2.27. The maximum atomic E-state index is 12.0. The van der Waals surface area contributed by atoms with E-state index in [0.29, 0.717) is 25.6 Å². The van der Waals surface area contributed by atoms with Crippen LogP contribution in [0.2, 0.25) is 0 Å².